The zero-order chi connectivity index (χ0) is 19.1. The van der Waals surface area contributed by atoms with Gasteiger partial charge in [-0.2, -0.15) is 0 Å². The summed E-state index contributed by atoms with van der Waals surface area (Å²) in [6.07, 6.45) is 3.30. The van der Waals surface area contributed by atoms with Crippen molar-refractivity contribution in [3.8, 4) is 5.75 Å². The predicted molar refractivity (Wildman–Crippen MR) is 112 cm³/mol. The molecule has 7 heteroatoms. The van der Waals surface area contributed by atoms with Crippen LogP contribution >= 0.6 is 12.4 Å². The van der Waals surface area contributed by atoms with Gasteiger partial charge in [-0.25, -0.2) is 0 Å². The topological polar surface area (TPSA) is 70.7 Å². The van der Waals surface area contributed by atoms with E-state index in [1.807, 2.05) is 30.3 Å². The van der Waals surface area contributed by atoms with Gasteiger partial charge in [-0.3, -0.25) is 9.59 Å². The van der Waals surface area contributed by atoms with Gasteiger partial charge in [-0.15, -0.1) is 12.4 Å². The van der Waals surface area contributed by atoms with Crippen LogP contribution in [0.15, 0.2) is 30.3 Å². The summed E-state index contributed by atoms with van der Waals surface area (Å²) in [5.74, 6) is 1.89. The molecule has 156 valence electrons. The zero-order valence-corrected chi connectivity index (χ0v) is 17.4. The van der Waals surface area contributed by atoms with Crippen molar-refractivity contribution in [1.29, 1.82) is 0 Å². The molecular weight excluding hydrogens is 378 g/mol. The van der Waals surface area contributed by atoms with Gasteiger partial charge < -0.3 is 20.3 Å². The fourth-order valence-electron chi connectivity index (χ4n) is 3.99. The Kier molecular flexibility index (Phi) is 9.06. The number of carbonyl (C=O) groups is 2. The second-order valence-electron chi connectivity index (χ2n) is 7.76. The van der Waals surface area contributed by atoms with E-state index in [-0.39, 0.29) is 30.3 Å². The molecule has 0 bridgehead atoms. The molecule has 2 aliphatic rings. The minimum Gasteiger partial charge on any atom is -0.492 e. The van der Waals surface area contributed by atoms with E-state index in [0.29, 0.717) is 44.4 Å². The van der Waals surface area contributed by atoms with Crippen molar-refractivity contribution in [3.63, 3.8) is 0 Å². The molecule has 6 nitrogen and oxygen atoms in total. The fraction of sp³-hybridized carbons (Fsp3) is 0.619. The Balaban J connectivity index is 0.00000280. The number of hydrogen-bond acceptors (Lipinski definition) is 4. The van der Waals surface area contributed by atoms with Crippen LogP contribution in [0.25, 0.3) is 0 Å². The van der Waals surface area contributed by atoms with Crippen LogP contribution in [0.3, 0.4) is 0 Å². The third kappa shape index (κ3) is 6.67. The van der Waals surface area contributed by atoms with Crippen molar-refractivity contribution in [2.24, 2.45) is 11.8 Å². The Bertz CT molecular complexity index is 623. The first kappa shape index (κ1) is 22.5. The van der Waals surface area contributed by atoms with E-state index in [0.717, 1.165) is 18.8 Å². The highest BCUT2D eigenvalue weighted by molar-refractivity contribution is 5.85. The third-order valence-electron chi connectivity index (χ3n) is 5.60. The Labute approximate surface area is 173 Å². The summed E-state index contributed by atoms with van der Waals surface area (Å²) in [5.41, 5.74) is 0. The maximum absolute atomic E-state index is 12.4. The number of piperidine rings is 1. The van der Waals surface area contributed by atoms with E-state index < -0.39 is 0 Å². The smallest absolute Gasteiger partial charge is 0.224 e. The molecule has 3 atom stereocenters. The quantitative estimate of drug-likeness (QED) is 0.690. The van der Waals surface area contributed by atoms with Gasteiger partial charge in [0.1, 0.15) is 12.4 Å². The number of hydrogen-bond donors (Lipinski definition) is 2. The number of likely N-dealkylation sites (tertiary alicyclic amines) is 1. The Hall–Kier alpha value is -1.79. The summed E-state index contributed by atoms with van der Waals surface area (Å²) < 4.78 is 5.67. The van der Waals surface area contributed by atoms with Gasteiger partial charge >= 0.3 is 0 Å². The molecule has 28 heavy (non-hydrogen) atoms. The summed E-state index contributed by atoms with van der Waals surface area (Å²) in [5, 5.41) is 6.46. The number of halogens is 1. The van der Waals surface area contributed by atoms with Crippen molar-refractivity contribution < 1.29 is 14.3 Å². The second kappa shape index (κ2) is 11.3. The number of amides is 2. The summed E-state index contributed by atoms with van der Waals surface area (Å²) >= 11 is 0. The van der Waals surface area contributed by atoms with Crippen molar-refractivity contribution in [3.05, 3.63) is 30.3 Å². The minimum absolute atomic E-state index is 0. The normalized spacial score (nSPS) is 23.0. The van der Waals surface area contributed by atoms with Crippen LogP contribution in [0.2, 0.25) is 0 Å². The highest BCUT2D eigenvalue weighted by Crippen LogP contribution is 2.22. The molecule has 2 aliphatic heterocycles. The molecule has 0 spiro atoms. The standard InChI is InChI=1S/C21H31N3O3.ClH/c1-16(17-6-5-9-22-14-17)12-20(25)23-18-13-21(26)24(15-18)10-11-27-19-7-3-2-4-8-19;/h2-4,7-8,16-18,22H,5-6,9-15H2,1H3,(H,23,25);1H. The van der Waals surface area contributed by atoms with Crippen LogP contribution in [0, 0.1) is 11.8 Å². The molecule has 2 saturated heterocycles. The highest BCUT2D eigenvalue weighted by atomic mass is 35.5. The number of para-hydroxylation sites is 1. The van der Waals surface area contributed by atoms with Gasteiger partial charge in [-0.1, -0.05) is 25.1 Å². The van der Waals surface area contributed by atoms with Gasteiger partial charge in [-0.05, 0) is 49.9 Å². The molecule has 1 aromatic carbocycles. The van der Waals surface area contributed by atoms with Crippen LogP contribution in [-0.2, 0) is 9.59 Å². The van der Waals surface area contributed by atoms with Crippen LogP contribution in [-0.4, -0.2) is 55.5 Å². The predicted octanol–water partition coefficient (Wildman–Crippen LogP) is 2.23. The molecule has 0 saturated carbocycles. The summed E-state index contributed by atoms with van der Waals surface area (Å²) in [7, 11) is 0. The second-order valence-corrected chi connectivity index (χ2v) is 7.76. The Morgan fingerprint density at radius 2 is 2.14 bits per heavy atom. The van der Waals surface area contributed by atoms with Crippen molar-refractivity contribution in [2.75, 3.05) is 32.8 Å². The molecule has 3 rings (SSSR count). The molecule has 3 unspecified atom stereocenters. The molecule has 1 aromatic rings. The number of carbonyl (C=O) groups excluding carboxylic acids is 2. The van der Waals surface area contributed by atoms with Gasteiger partial charge in [0, 0.05) is 19.4 Å². The van der Waals surface area contributed by atoms with E-state index in [1.54, 1.807) is 4.90 Å². The molecule has 0 radical (unpaired) electrons. The molecule has 0 aliphatic carbocycles. The minimum atomic E-state index is -0.0848. The van der Waals surface area contributed by atoms with Crippen molar-refractivity contribution in [2.45, 2.75) is 38.6 Å². The summed E-state index contributed by atoms with van der Waals surface area (Å²) in [6, 6.07) is 9.50. The monoisotopic (exact) mass is 409 g/mol. The first-order valence-corrected chi connectivity index (χ1v) is 10.1. The average molecular weight is 410 g/mol. The first-order valence-electron chi connectivity index (χ1n) is 10.1. The highest BCUT2D eigenvalue weighted by Gasteiger charge is 2.31. The summed E-state index contributed by atoms with van der Waals surface area (Å²) in [4.78, 5) is 26.3. The number of benzene rings is 1. The molecule has 2 heterocycles. The number of ether oxygens (including phenoxy) is 1. The molecule has 2 fully saturated rings. The van der Waals surface area contributed by atoms with Crippen LogP contribution in [0.1, 0.15) is 32.6 Å². The lowest BCUT2D eigenvalue weighted by molar-refractivity contribution is -0.128. The largest absolute Gasteiger partial charge is 0.492 e. The van der Waals surface area contributed by atoms with Crippen molar-refractivity contribution >= 4 is 24.2 Å². The summed E-state index contributed by atoms with van der Waals surface area (Å²) in [6.45, 7) is 5.83. The SMILES string of the molecule is CC(CC(=O)NC1CC(=O)N(CCOc2ccccc2)C1)C1CCCNC1.Cl. The van der Waals surface area contributed by atoms with E-state index in [4.69, 9.17) is 4.74 Å². The lowest BCUT2D eigenvalue weighted by Gasteiger charge is -2.28. The first-order chi connectivity index (χ1) is 13.1. The molecular formula is C21H32ClN3O3. The maximum atomic E-state index is 12.4. The third-order valence-corrected chi connectivity index (χ3v) is 5.60. The number of nitrogens with zero attached hydrogens (tertiary/aromatic N) is 1. The molecule has 0 aromatic heterocycles. The lowest BCUT2D eigenvalue weighted by Crippen LogP contribution is -2.40. The van der Waals surface area contributed by atoms with Crippen LogP contribution in [0.5, 0.6) is 5.75 Å². The van der Waals surface area contributed by atoms with E-state index in [9.17, 15) is 9.59 Å². The van der Waals surface area contributed by atoms with E-state index in [1.165, 1.54) is 12.8 Å². The van der Waals surface area contributed by atoms with Gasteiger partial charge in [0.25, 0.3) is 0 Å². The average Bonchev–Trinajstić information content (AvgIpc) is 3.02. The van der Waals surface area contributed by atoms with E-state index >= 15 is 0 Å². The lowest BCUT2D eigenvalue weighted by atomic mass is 9.85. The molecule has 2 amide bonds. The number of rotatable bonds is 8. The van der Waals surface area contributed by atoms with Gasteiger partial charge in [0.2, 0.25) is 11.8 Å². The number of nitrogens with one attached hydrogen (secondary N) is 2. The van der Waals surface area contributed by atoms with Gasteiger partial charge in [0.05, 0.1) is 12.6 Å². The molecule has 2 N–H and O–H groups in total. The Morgan fingerprint density at radius 1 is 1.36 bits per heavy atom. The van der Waals surface area contributed by atoms with Crippen LogP contribution < -0.4 is 15.4 Å². The Morgan fingerprint density at radius 3 is 2.86 bits per heavy atom. The van der Waals surface area contributed by atoms with E-state index in [2.05, 4.69) is 17.6 Å². The maximum Gasteiger partial charge on any atom is 0.224 e. The fourth-order valence-corrected chi connectivity index (χ4v) is 3.99. The zero-order valence-electron chi connectivity index (χ0n) is 16.6. The van der Waals surface area contributed by atoms with Gasteiger partial charge in [0.15, 0.2) is 0 Å². The van der Waals surface area contributed by atoms with Crippen LogP contribution in [0.4, 0.5) is 0 Å². The van der Waals surface area contributed by atoms with Crippen molar-refractivity contribution in [1.82, 2.24) is 15.5 Å².